The molecule has 6 fully saturated rings. The molecule has 0 aliphatic heterocycles. The van der Waals surface area contributed by atoms with Crippen LogP contribution in [0.1, 0.15) is 0 Å². The second-order valence-corrected chi connectivity index (χ2v) is 11.2. The van der Waals surface area contributed by atoms with Crippen molar-refractivity contribution >= 4 is 20.2 Å². The van der Waals surface area contributed by atoms with Gasteiger partial charge in [-0.05, 0) is 59.2 Å². The highest BCUT2D eigenvalue weighted by molar-refractivity contribution is 7.86. The molecule has 0 N–H and O–H groups in total. The molecule has 0 heterocycles. The normalized spacial score (nSPS) is 56.3. The van der Waals surface area contributed by atoms with Crippen LogP contribution in [-0.2, 0) is 28.6 Å². The number of fused-ring (bicyclic) bond motifs is 1. The van der Waals surface area contributed by atoms with Crippen molar-refractivity contribution in [2.24, 2.45) is 59.2 Å². The number of hydrogen-bond donors (Lipinski definition) is 0. The minimum Gasteiger partial charge on any atom is -0.270 e. The van der Waals surface area contributed by atoms with Crippen LogP contribution in [-0.4, -0.2) is 42.6 Å². The topological polar surface area (TPSA) is 86.7 Å². The fraction of sp³-hybridized carbons (Fsp3) is 1.00. The zero-order valence-corrected chi connectivity index (χ0v) is 14.1. The van der Waals surface area contributed by atoms with Crippen molar-refractivity contribution in [1.29, 1.82) is 0 Å². The van der Waals surface area contributed by atoms with Gasteiger partial charge in [-0.15, -0.1) is 0 Å². The molecule has 124 valence electrons. The first-order valence-corrected chi connectivity index (χ1v) is 11.5. The van der Waals surface area contributed by atoms with Crippen LogP contribution in [0.2, 0.25) is 0 Å². The van der Waals surface area contributed by atoms with Gasteiger partial charge in [-0.2, -0.15) is 16.8 Å². The van der Waals surface area contributed by atoms with Crippen molar-refractivity contribution in [2.75, 3.05) is 25.7 Å². The maximum absolute atomic E-state index is 11.3. The summed E-state index contributed by atoms with van der Waals surface area (Å²) in [6.45, 7) is 0.364. The zero-order chi connectivity index (χ0) is 15.6. The fourth-order valence-corrected chi connectivity index (χ4v) is 7.95. The Bertz CT molecular complexity index is 659. The Morgan fingerprint density at radius 1 is 0.591 bits per heavy atom. The lowest BCUT2D eigenvalue weighted by Gasteiger charge is -2.95. The van der Waals surface area contributed by atoms with E-state index in [2.05, 4.69) is 0 Å². The molecule has 6 rings (SSSR count). The summed E-state index contributed by atoms with van der Waals surface area (Å²) < 4.78 is 55.5. The summed E-state index contributed by atoms with van der Waals surface area (Å²) in [5.41, 5.74) is 0. The third-order valence-electron chi connectivity index (χ3n) is 7.38. The Balaban J connectivity index is 1.38. The predicted octanol–water partition coefficient (Wildman–Crippen LogP) is 0.169. The average molecular weight is 348 g/mol. The highest BCUT2D eigenvalue weighted by Gasteiger charge is 2.90. The molecule has 2 bridgehead atoms. The van der Waals surface area contributed by atoms with Crippen LogP contribution in [0, 0.1) is 59.2 Å². The fourth-order valence-electron chi connectivity index (χ4n) is 7.14. The van der Waals surface area contributed by atoms with Crippen LogP contribution in [0.5, 0.6) is 0 Å². The lowest BCUT2D eigenvalue weighted by molar-refractivity contribution is -0.487. The molecule has 0 radical (unpaired) electrons. The van der Waals surface area contributed by atoms with E-state index in [1.165, 1.54) is 0 Å². The van der Waals surface area contributed by atoms with Gasteiger partial charge in [0.2, 0.25) is 0 Å². The van der Waals surface area contributed by atoms with Gasteiger partial charge in [0.25, 0.3) is 20.2 Å². The third-order valence-corrected chi connectivity index (χ3v) is 8.51. The zero-order valence-electron chi connectivity index (χ0n) is 12.5. The standard InChI is InChI=1S/C14H20O6S2/c1-21(15,16)19-3-5-6(4-20-22(2,17)18)8-11-9-7(5)10-12(8)14(11)13(9)10/h5-14H,3-4H2,1-2H3/t5-,6+,7?,8?,9-,10+,11-,12-,13?,14?/m0/s1. The summed E-state index contributed by atoms with van der Waals surface area (Å²) >= 11 is 0. The molecule has 4 unspecified atom stereocenters. The molecule has 6 aliphatic rings. The highest BCUT2D eigenvalue weighted by Crippen LogP contribution is 2.93. The van der Waals surface area contributed by atoms with Gasteiger partial charge in [0.1, 0.15) is 0 Å². The lowest BCUT2D eigenvalue weighted by atomic mass is 9.09. The molecule has 6 aliphatic carbocycles. The van der Waals surface area contributed by atoms with Crippen LogP contribution >= 0.6 is 0 Å². The molecule has 8 heteroatoms. The summed E-state index contributed by atoms with van der Waals surface area (Å²) in [7, 11) is -6.93. The van der Waals surface area contributed by atoms with Crippen LogP contribution in [0.15, 0.2) is 0 Å². The van der Waals surface area contributed by atoms with E-state index in [4.69, 9.17) is 8.37 Å². The average Bonchev–Trinajstić information content (AvgIpc) is 2.33. The van der Waals surface area contributed by atoms with Crippen LogP contribution in [0.25, 0.3) is 0 Å². The quantitative estimate of drug-likeness (QED) is 0.636. The largest absolute Gasteiger partial charge is 0.270 e. The molecular formula is C14H20O6S2. The molecule has 0 spiro atoms. The SMILES string of the molecule is CS(=O)(=O)OC[C@@H]1C2[C@H]3C4C5[C@H]3C([C@H]5[C@@H]42)[C@@H]1COS(C)(=O)=O. The summed E-state index contributed by atoms with van der Waals surface area (Å²) in [5.74, 6) is 6.14. The second-order valence-electron chi connectivity index (χ2n) is 7.92. The molecule has 0 aromatic rings. The van der Waals surface area contributed by atoms with E-state index in [0.29, 0.717) is 11.8 Å². The minimum absolute atomic E-state index is 0.126. The van der Waals surface area contributed by atoms with Gasteiger partial charge in [-0.1, -0.05) is 0 Å². The molecule has 6 nitrogen and oxygen atoms in total. The Morgan fingerprint density at radius 3 is 1.14 bits per heavy atom. The molecule has 0 aromatic carbocycles. The molecule has 0 amide bonds. The van der Waals surface area contributed by atoms with Crippen molar-refractivity contribution in [2.45, 2.75) is 0 Å². The van der Waals surface area contributed by atoms with E-state index in [0.717, 1.165) is 48.0 Å². The first-order valence-electron chi connectivity index (χ1n) is 7.88. The molecule has 0 saturated heterocycles. The van der Waals surface area contributed by atoms with Gasteiger partial charge in [-0.3, -0.25) is 8.37 Å². The Labute approximate surface area is 130 Å². The summed E-state index contributed by atoms with van der Waals surface area (Å²) in [6, 6.07) is 0. The smallest absolute Gasteiger partial charge is 0.264 e. The van der Waals surface area contributed by atoms with Crippen molar-refractivity contribution in [3.63, 3.8) is 0 Å². The van der Waals surface area contributed by atoms with E-state index in [-0.39, 0.29) is 25.0 Å². The molecule has 10 atom stereocenters. The molecule has 22 heavy (non-hydrogen) atoms. The summed E-state index contributed by atoms with van der Waals surface area (Å²) in [4.78, 5) is 0. The molecular weight excluding hydrogens is 328 g/mol. The monoisotopic (exact) mass is 348 g/mol. The van der Waals surface area contributed by atoms with Crippen molar-refractivity contribution in [1.82, 2.24) is 0 Å². The first kappa shape index (κ1) is 14.2. The van der Waals surface area contributed by atoms with E-state index >= 15 is 0 Å². The summed E-state index contributed by atoms with van der Waals surface area (Å²) in [6.07, 6.45) is 2.14. The van der Waals surface area contributed by atoms with Crippen molar-refractivity contribution in [3.05, 3.63) is 0 Å². The number of rotatable bonds is 6. The van der Waals surface area contributed by atoms with Crippen LogP contribution < -0.4 is 0 Å². The van der Waals surface area contributed by atoms with Gasteiger partial charge < -0.3 is 0 Å². The summed E-state index contributed by atoms with van der Waals surface area (Å²) in [5, 5.41) is 0. The number of hydrogen-bond acceptors (Lipinski definition) is 6. The lowest BCUT2D eigenvalue weighted by Crippen LogP contribution is -2.92. The van der Waals surface area contributed by atoms with Crippen molar-refractivity contribution < 1.29 is 25.2 Å². The highest BCUT2D eigenvalue weighted by atomic mass is 32.2. The van der Waals surface area contributed by atoms with E-state index in [1.807, 2.05) is 0 Å². The van der Waals surface area contributed by atoms with Crippen molar-refractivity contribution in [3.8, 4) is 0 Å². The second kappa shape index (κ2) is 3.90. The molecule has 0 aromatic heterocycles. The Morgan fingerprint density at radius 2 is 0.864 bits per heavy atom. The third kappa shape index (κ3) is 1.53. The Hall–Kier alpha value is -0.180. The molecule has 6 saturated carbocycles. The van der Waals surface area contributed by atoms with Gasteiger partial charge in [0.05, 0.1) is 25.7 Å². The predicted molar refractivity (Wildman–Crippen MR) is 76.5 cm³/mol. The van der Waals surface area contributed by atoms with E-state index in [9.17, 15) is 16.8 Å². The first-order chi connectivity index (χ1) is 10.2. The minimum atomic E-state index is -3.47. The maximum Gasteiger partial charge on any atom is 0.264 e. The van der Waals surface area contributed by atoms with Crippen LogP contribution in [0.3, 0.4) is 0 Å². The van der Waals surface area contributed by atoms with E-state index in [1.54, 1.807) is 0 Å². The van der Waals surface area contributed by atoms with Gasteiger partial charge >= 0.3 is 0 Å². The van der Waals surface area contributed by atoms with Gasteiger partial charge in [-0.25, -0.2) is 0 Å². The Kier molecular flexibility index (Phi) is 2.51. The maximum atomic E-state index is 11.3. The van der Waals surface area contributed by atoms with E-state index < -0.39 is 20.2 Å². The van der Waals surface area contributed by atoms with Gasteiger partial charge in [0, 0.05) is 0 Å². The van der Waals surface area contributed by atoms with Gasteiger partial charge in [0.15, 0.2) is 0 Å². The van der Waals surface area contributed by atoms with Crippen LogP contribution in [0.4, 0.5) is 0 Å².